The zero-order chi connectivity index (χ0) is 14.7. The highest BCUT2D eigenvalue weighted by molar-refractivity contribution is 5.70. The van der Waals surface area contributed by atoms with Crippen molar-refractivity contribution in [3.05, 3.63) is 47.6 Å². The Morgan fingerprint density at radius 2 is 2.19 bits per heavy atom. The summed E-state index contributed by atoms with van der Waals surface area (Å²) in [6, 6.07) is 9.57. The quantitative estimate of drug-likeness (QED) is 0.836. The molecule has 7 heteroatoms. The van der Waals surface area contributed by atoms with Crippen molar-refractivity contribution in [1.29, 1.82) is 0 Å². The minimum atomic E-state index is -0.379. The molecule has 2 heterocycles. The van der Waals surface area contributed by atoms with Crippen molar-refractivity contribution >= 4 is 6.09 Å². The molecule has 1 aliphatic rings. The molecule has 1 aromatic heterocycles. The third-order valence-corrected chi connectivity index (χ3v) is 3.25. The van der Waals surface area contributed by atoms with Crippen molar-refractivity contribution in [3.63, 3.8) is 0 Å². The first kappa shape index (κ1) is 13.6. The van der Waals surface area contributed by atoms with Gasteiger partial charge in [0.05, 0.1) is 6.04 Å². The van der Waals surface area contributed by atoms with Crippen LogP contribution in [0.25, 0.3) is 0 Å². The van der Waals surface area contributed by atoms with Crippen LogP contribution in [0.3, 0.4) is 0 Å². The number of benzene rings is 1. The molecule has 0 spiro atoms. The highest BCUT2D eigenvalue weighted by Gasteiger charge is 2.35. The van der Waals surface area contributed by atoms with Crippen LogP contribution >= 0.6 is 0 Å². The third-order valence-electron chi connectivity index (χ3n) is 3.25. The number of nitrogens with zero attached hydrogens (tertiary/aromatic N) is 3. The molecule has 1 atom stereocenters. The first-order valence-electron chi connectivity index (χ1n) is 6.56. The Morgan fingerprint density at radius 3 is 2.95 bits per heavy atom. The molecule has 1 saturated heterocycles. The van der Waals surface area contributed by atoms with Crippen molar-refractivity contribution in [2.24, 2.45) is 0 Å². The van der Waals surface area contributed by atoms with Crippen LogP contribution in [-0.4, -0.2) is 34.9 Å². The molecule has 3 rings (SSSR count). The Hall–Kier alpha value is -2.41. The second-order valence-electron chi connectivity index (χ2n) is 4.67. The average molecular weight is 289 g/mol. The molecule has 0 radical (unpaired) electrons. The van der Waals surface area contributed by atoms with E-state index in [0.29, 0.717) is 18.3 Å². The Morgan fingerprint density at radius 1 is 1.38 bits per heavy atom. The lowest BCUT2D eigenvalue weighted by molar-refractivity contribution is 0.152. The number of hydrogen-bond donors (Lipinski definition) is 0. The van der Waals surface area contributed by atoms with Crippen LogP contribution in [-0.2, 0) is 22.6 Å². The van der Waals surface area contributed by atoms with Gasteiger partial charge >= 0.3 is 6.09 Å². The van der Waals surface area contributed by atoms with Gasteiger partial charge in [-0.25, -0.2) is 4.79 Å². The van der Waals surface area contributed by atoms with Crippen LogP contribution in [0, 0.1) is 0 Å². The maximum atomic E-state index is 11.9. The lowest BCUT2D eigenvalue weighted by atomic mass is 10.1. The summed E-state index contributed by atoms with van der Waals surface area (Å²) in [7, 11) is 1.55. The molecule has 0 unspecified atom stereocenters. The molecule has 1 aromatic carbocycles. The first-order valence-corrected chi connectivity index (χ1v) is 6.56. The fourth-order valence-corrected chi connectivity index (χ4v) is 2.26. The number of hydrogen-bond acceptors (Lipinski definition) is 6. The molecule has 1 fully saturated rings. The Labute approximate surface area is 121 Å². The fourth-order valence-electron chi connectivity index (χ4n) is 2.26. The van der Waals surface area contributed by atoms with E-state index in [2.05, 4.69) is 10.1 Å². The molecule has 2 aromatic rings. The van der Waals surface area contributed by atoms with Crippen LogP contribution in [0.1, 0.15) is 23.3 Å². The van der Waals surface area contributed by atoms with Crippen molar-refractivity contribution in [2.45, 2.75) is 19.2 Å². The standard InChI is InChI=1S/C14H15N3O4/c1-19-9-12-15-13(21-16-12)7-17-11(8-20-14(17)18)10-5-3-2-4-6-10/h2-6,11H,7-9H2,1H3/t11-/m1/s1. The van der Waals surface area contributed by atoms with Crippen molar-refractivity contribution in [3.8, 4) is 0 Å². The smallest absolute Gasteiger partial charge is 0.410 e. The Balaban J connectivity index is 1.76. The molecular weight excluding hydrogens is 274 g/mol. The highest BCUT2D eigenvalue weighted by Crippen LogP contribution is 2.28. The molecule has 0 N–H and O–H groups in total. The Bertz CT molecular complexity index is 614. The van der Waals surface area contributed by atoms with Gasteiger partial charge in [-0.1, -0.05) is 35.5 Å². The number of ether oxygens (including phenoxy) is 2. The molecular formula is C14H15N3O4. The number of carbonyl (C=O) groups is 1. The minimum Gasteiger partial charge on any atom is -0.447 e. The summed E-state index contributed by atoms with van der Waals surface area (Å²) in [5.74, 6) is 0.818. The summed E-state index contributed by atoms with van der Waals surface area (Å²) >= 11 is 0. The van der Waals surface area contributed by atoms with Crippen LogP contribution in [0.15, 0.2) is 34.9 Å². The van der Waals surface area contributed by atoms with Gasteiger partial charge in [-0.05, 0) is 5.56 Å². The van der Waals surface area contributed by atoms with E-state index in [1.165, 1.54) is 0 Å². The minimum absolute atomic E-state index is 0.142. The summed E-state index contributed by atoms with van der Waals surface area (Å²) in [5.41, 5.74) is 1.01. The van der Waals surface area contributed by atoms with Crippen LogP contribution in [0.2, 0.25) is 0 Å². The monoisotopic (exact) mass is 289 g/mol. The van der Waals surface area contributed by atoms with E-state index in [4.69, 9.17) is 14.0 Å². The predicted molar refractivity (Wildman–Crippen MR) is 71.1 cm³/mol. The molecule has 1 amide bonds. The molecule has 0 aliphatic carbocycles. The van der Waals surface area contributed by atoms with E-state index in [1.807, 2.05) is 30.3 Å². The van der Waals surface area contributed by atoms with Gasteiger partial charge in [-0.15, -0.1) is 0 Å². The van der Waals surface area contributed by atoms with Crippen LogP contribution < -0.4 is 0 Å². The van der Waals surface area contributed by atoms with Crippen molar-refractivity contribution in [2.75, 3.05) is 13.7 Å². The SMILES string of the molecule is COCc1noc(CN2C(=O)OC[C@@H]2c2ccccc2)n1. The number of cyclic esters (lactones) is 1. The third kappa shape index (κ3) is 2.87. The summed E-state index contributed by atoms with van der Waals surface area (Å²) in [5, 5.41) is 3.78. The first-order chi connectivity index (χ1) is 10.3. The molecule has 7 nitrogen and oxygen atoms in total. The van der Waals surface area contributed by atoms with E-state index < -0.39 is 0 Å². The van der Waals surface area contributed by atoms with Gasteiger partial charge in [0, 0.05) is 7.11 Å². The molecule has 21 heavy (non-hydrogen) atoms. The zero-order valence-corrected chi connectivity index (χ0v) is 11.6. The van der Waals surface area contributed by atoms with Gasteiger partial charge in [0.2, 0.25) is 5.89 Å². The van der Waals surface area contributed by atoms with E-state index >= 15 is 0 Å². The van der Waals surface area contributed by atoms with Gasteiger partial charge in [0.15, 0.2) is 5.82 Å². The van der Waals surface area contributed by atoms with Gasteiger partial charge in [0.25, 0.3) is 0 Å². The lowest BCUT2D eigenvalue weighted by Gasteiger charge is -2.19. The summed E-state index contributed by atoms with van der Waals surface area (Å²) < 4.78 is 15.2. The molecule has 110 valence electrons. The predicted octanol–water partition coefficient (Wildman–Crippen LogP) is 1.91. The van der Waals surface area contributed by atoms with E-state index in [0.717, 1.165) is 5.56 Å². The Kier molecular flexibility index (Phi) is 3.83. The van der Waals surface area contributed by atoms with Crippen LogP contribution in [0.5, 0.6) is 0 Å². The maximum absolute atomic E-state index is 11.9. The summed E-state index contributed by atoms with van der Waals surface area (Å²) in [4.78, 5) is 17.6. The number of aromatic nitrogens is 2. The number of carbonyl (C=O) groups excluding carboxylic acids is 1. The van der Waals surface area contributed by atoms with Gasteiger partial charge in [0.1, 0.15) is 19.8 Å². The maximum Gasteiger partial charge on any atom is 0.410 e. The second-order valence-corrected chi connectivity index (χ2v) is 4.67. The van der Waals surface area contributed by atoms with Crippen LogP contribution in [0.4, 0.5) is 4.79 Å². The van der Waals surface area contributed by atoms with Gasteiger partial charge in [-0.2, -0.15) is 4.98 Å². The van der Waals surface area contributed by atoms with E-state index in [-0.39, 0.29) is 25.3 Å². The zero-order valence-electron chi connectivity index (χ0n) is 11.6. The van der Waals surface area contributed by atoms with Crippen molar-refractivity contribution < 1.29 is 18.8 Å². The average Bonchev–Trinajstić information content (AvgIpc) is 3.09. The van der Waals surface area contributed by atoms with Gasteiger partial charge < -0.3 is 14.0 Å². The van der Waals surface area contributed by atoms with Gasteiger partial charge in [-0.3, -0.25) is 4.90 Å². The normalized spacial score (nSPS) is 18.0. The molecule has 0 saturated carbocycles. The van der Waals surface area contributed by atoms with E-state index in [1.54, 1.807) is 12.0 Å². The highest BCUT2D eigenvalue weighted by atomic mass is 16.6. The molecule has 1 aliphatic heterocycles. The number of rotatable bonds is 5. The number of amides is 1. The molecule has 0 bridgehead atoms. The largest absolute Gasteiger partial charge is 0.447 e. The van der Waals surface area contributed by atoms with Crippen molar-refractivity contribution in [1.82, 2.24) is 15.0 Å². The lowest BCUT2D eigenvalue weighted by Crippen LogP contribution is -2.27. The second kappa shape index (κ2) is 5.92. The summed E-state index contributed by atoms with van der Waals surface area (Å²) in [6.07, 6.45) is -0.379. The summed E-state index contributed by atoms with van der Waals surface area (Å²) in [6.45, 7) is 0.813. The fraction of sp³-hybridized carbons (Fsp3) is 0.357. The van der Waals surface area contributed by atoms with E-state index in [9.17, 15) is 4.79 Å². The topological polar surface area (TPSA) is 77.7 Å². The number of methoxy groups -OCH3 is 1.